The Hall–Kier alpha value is -1.24. The van der Waals surface area contributed by atoms with E-state index in [1.54, 1.807) is 5.69 Å². The topological polar surface area (TPSA) is 4.93 Å². The summed E-state index contributed by atoms with van der Waals surface area (Å²) in [5.74, 6) is 0. The smallest absolute Gasteiger partial charge is 0.0485 e. The van der Waals surface area contributed by atoms with Crippen LogP contribution in [0.15, 0.2) is 24.3 Å². The minimum atomic E-state index is 0.350. The van der Waals surface area contributed by atoms with Crippen LogP contribution in [0, 0.1) is 6.92 Å². The summed E-state index contributed by atoms with van der Waals surface area (Å²) in [5.41, 5.74) is 4.79. The van der Waals surface area contributed by atoms with Gasteiger partial charge in [0.05, 0.1) is 0 Å². The number of nitrogens with zero attached hydrogens (tertiary/aromatic N) is 1. The highest BCUT2D eigenvalue weighted by Gasteiger charge is 2.33. The molecule has 0 aliphatic carbocycles. The molecule has 1 heteroatoms. The van der Waals surface area contributed by atoms with E-state index in [-0.39, 0.29) is 0 Å². The molecule has 0 N–H and O–H groups in total. The molecule has 0 atom stereocenters. The lowest BCUT2D eigenvalue weighted by molar-refractivity contribution is 0.519. The third-order valence-electron chi connectivity index (χ3n) is 3.83. The van der Waals surface area contributed by atoms with Gasteiger partial charge < -0.3 is 4.57 Å². The maximum absolute atomic E-state index is 2.50. The van der Waals surface area contributed by atoms with E-state index in [9.17, 15) is 0 Å². The Morgan fingerprint density at radius 2 is 1.93 bits per heavy atom. The first-order valence-electron chi connectivity index (χ1n) is 5.69. The van der Waals surface area contributed by atoms with Crippen LogP contribution in [0.3, 0.4) is 0 Å². The van der Waals surface area contributed by atoms with Crippen molar-refractivity contribution in [2.24, 2.45) is 0 Å². The van der Waals surface area contributed by atoms with Crippen LogP contribution in [-0.2, 0) is 12.0 Å². The lowest BCUT2D eigenvalue weighted by atomic mass is 9.86. The molecule has 1 aliphatic heterocycles. The maximum atomic E-state index is 2.50. The van der Waals surface area contributed by atoms with E-state index < -0.39 is 0 Å². The Kier molecular flexibility index (Phi) is 1.60. The van der Waals surface area contributed by atoms with Gasteiger partial charge in [-0.25, -0.2) is 0 Å². The predicted octanol–water partition coefficient (Wildman–Crippen LogP) is 3.63. The Balaban J connectivity index is 2.45. The van der Waals surface area contributed by atoms with Gasteiger partial charge in [0.25, 0.3) is 0 Å². The van der Waals surface area contributed by atoms with Gasteiger partial charge in [0.15, 0.2) is 0 Å². The first kappa shape index (κ1) is 9.02. The maximum Gasteiger partial charge on any atom is 0.0485 e. The molecule has 1 aliphatic rings. The van der Waals surface area contributed by atoms with Crippen LogP contribution in [0.2, 0.25) is 0 Å². The molecule has 0 fully saturated rings. The molecule has 78 valence electrons. The van der Waals surface area contributed by atoms with Crippen molar-refractivity contribution in [3.63, 3.8) is 0 Å². The molecule has 0 unspecified atom stereocenters. The summed E-state index contributed by atoms with van der Waals surface area (Å²) in [6.45, 7) is 8.16. The van der Waals surface area contributed by atoms with Crippen LogP contribution >= 0.6 is 0 Å². The SMILES string of the molecule is Cc1c2n(c3ccccc13)CCC2(C)C. The van der Waals surface area contributed by atoms with Crippen molar-refractivity contribution in [1.82, 2.24) is 4.57 Å². The highest BCUT2D eigenvalue weighted by Crippen LogP contribution is 2.41. The highest BCUT2D eigenvalue weighted by atomic mass is 15.0. The fraction of sp³-hybridized carbons (Fsp3) is 0.429. The van der Waals surface area contributed by atoms with E-state index in [4.69, 9.17) is 0 Å². The van der Waals surface area contributed by atoms with Crippen molar-refractivity contribution in [1.29, 1.82) is 0 Å². The van der Waals surface area contributed by atoms with Gasteiger partial charge in [0, 0.05) is 28.6 Å². The number of benzene rings is 1. The molecule has 3 rings (SSSR count). The fourth-order valence-electron chi connectivity index (χ4n) is 3.09. The lowest BCUT2D eigenvalue weighted by Crippen LogP contribution is -2.13. The molecular weight excluding hydrogens is 182 g/mol. The summed E-state index contributed by atoms with van der Waals surface area (Å²) in [6.07, 6.45) is 1.27. The van der Waals surface area contributed by atoms with Crippen molar-refractivity contribution in [2.75, 3.05) is 0 Å². The van der Waals surface area contributed by atoms with Crippen molar-refractivity contribution in [3.8, 4) is 0 Å². The van der Waals surface area contributed by atoms with E-state index in [1.165, 1.54) is 29.4 Å². The zero-order chi connectivity index (χ0) is 10.6. The molecule has 0 spiro atoms. The summed E-state index contributed by atoms with van der Waals surface area (Å²) in [4.78, 5) is 0. The van der Waals surface area contributed by atoms with Gasteiger partial charge in [-0.15, -0.1) is 0 Å². The second-order valence-electron chi connectivity index (χ2n) is 5.28. The normalized spacial score (nSPS) is 18.3. The average Bonchev–Trinajstić information content (AvgIpc) is 2.67. The Labute approximate surface area is 90.7 Å². The van der Waals surface area contributed by atoms with E-state index in [2.05, 4.69) is 49.6 Å². The van der Waals surface area contributed by atoms with Gasteiger partial charge in [0.1, 0.15) is 0 Å². The molecule has 2 aromatic rings. The molecule has 1 aromatic heterocycles. The van der Waals surface area contributed by atoms with E-state index in [1.807, 2.05) is 0 Å². The minimum absolute atomic E-state index is 0.350. The molecule has 0 radical (unpaired) electrons. The number of aromatic nitrogens is 1. The van der Waals surface area contributed by atoms with Crippen LogP contribution in [-0.4, -0.2) is 4.57 Å². The van der Waals surface area contributed by atoms with Gasteiger partial charge in [-0.3, -0.25) is 0 Å². The number of hydrogen-bond donors (Lipinski definition) is 0. The summed E-state index contributed by atoms with van der Waals surface area (Å²) >= 11 is 0. The van der Waals surface area contributed by atoms with Gasteiger partial charge in [-0.05, 0) is 25.0 Å². The van der Waals surface area contributed by atoms with E-state index >= 15 is 0 Å². The standard InChI is InChI=1S/C14H17N/c1-10-11-6-4-5-7-12(11)15-9-8-14(2,3)13(10)15/h4-7H,8-9H2,1-3H3. The molecule has 15 heavy (non-hydrogen) atoms. The first-order valence-corrected chi connectivity index (χ1v) is 5.69. The third-order valence-corrected chi connectivity index (χ3v) is 3.83. The van der Waals surface area contributed by atoms with Crippen LogP contribution in [0.25, 0.3) is 10.9 Å². The van der Waals surface area contributed by atoms with Gasteiger partial charge in [-0.2, -0.15) is 0 Å². The fourth-order valence-corrected chi connectivity index (χ4v) is 3.09. The largest absolute Gasteiger partial charge is 0.344 e. The minimum Gasteiger partial charge on any atom is -0.344 e. The van der Waals surface area contributed by atoms with Crippen molar-refractivity contribution >= 4 is 10.9 Å². The van der Waals surface area contributed by atoms with Gasteiger partial charge in [0.2, 0.25) is 0 Å². The van der Waals surface area contributed by atoms with Crippen LogP contribution in [0.1, 0.15) is 31.5 Å². The summed E-state index contributed by atoms with van der Waals surface area (Å²) in [6, 6.07) is 8.76. The molecular formula is C14H17N. The average molecular weight is 199 g/mol. The second kappa shape index (κ2) is 2.66. The van der Waals surface area contributed by atoms with Gasteiger partial charge in [-0.1, -0.05) is 32.0 Å². The number of para-hydroxylation sites is 1. The molecule has 0 bridgehead atoms. The molecule has 1 nitrogen and oxygen atoms in total. The molecule has 0 saturated carbocycles. The Morgan fingerprint density at radius 1 is 1.20 bits per heavy atom. The van der Waals surface area contributed by atoms with Crippen LogP contribution < -0.4 is 0 Å². The van der Waals surface area contributed by atoms with Crippen LogP contribution in [0.4, 0.5) is 0 Å². The Morgan fingerprint density at radius 3 is 2.73 bits per heavy atom. The molecule has 1 aromatic carbocycles. The highest BCUT2D eigenvalue weighted by molar-refractivity contribution is 5.86. The van der Waals surface area contributed by atoms with Crippen molar-refractivity contribution in [2.45, 2.75) is 39.2 Å². The molecule has 2 heterocycles. The number of hydrogen-bond acceptors (Lipinski definition) is 0. The Bertz CT molecular complexity index is 532. The number of fused-ring (bicyclic) bond motifs is 3. The van der Waals surface area contributed by atoms with Crippen molar-refractivity contribution in [3.05, 3.63) is 35.5 Å². The number of aryl methyl sites for hydroxylation is 2. The monoisotopic (exact) mass is 199 g/mol. The quantitative estimate of drug-likeness (QED) is 0.610. The summed E-state index contributed by atoms with van der Waals surface area (Å²) in [5, 5.41) is 1.43. The third kappa shape index (κ3) is 1.04. The zero-order valence-corrected chi connectivity index (χ0v) is 9.67. The summed E-state index contributed by atoms with van der Waals surface area (Å²) in [7, 11) is 0. The summed E-state index contributed by atoms with van der Waals surface area (Å²) < 4.78 is 2.50. The predicted molar refractivity (Wildman–Crippen MR) is 64.3 cm³/mol. The number of rotatable bonds is 0. The first-order chi connectivity index (χ1) is 7.11. The van der Waals surface area contributed by atoms with Crippen LogP contribution in [0.5, 0.6) is 0 Å². The van der Waals surface area contributed by atoms with E-state index in [0.29, 0.717) is 5.41 Å². The second-order valence-corrected chi connectivity index (χ2v) is 5.28. The van der Waals surface area contributed by atoms with E-state index in [0.717, 1.165) is 0 Å². The molecule has 0 amide bonds. The lowest BCUT2D eigenvalue weighted by Gasteiger charge is -2.17. The molecule has 0 saturated heterocycles. The van der Waals surface area contributed by atoms with Gasteiger partial charge >= 0.3 is 0 Å². The van der Waals surface area contributed by atoms with Crippen molar-refractivity contribution < 1.29 is 0 Å². The zero-order valence-electron chi connectivity index (χ0n) is 9.67.